The summed E-state index contributed by atoms with van der Waals surface area (Å²) in [6, 6.07) is 4.72. The minimum atomic E-state index is -3.73. The molecule has 2 saturated heterocycles. The fourth-order valence-electron chi connectivity index (χ4n) is 3.53. The van der Waals surface area contributed by atoms with Crippen molar-refractivity contribution in [2.24, 2.45) is 0 Å². The van der Waals surface area contributed by atoms with E-state index in [4.69, 9.17) is 9.47 Å². The molecular formula is C18H27N3O5S. The van der Waals surface area contributed by atoms with Gasteiger partial charge < -0.3 is 14.4 Å². The molecule has 0 spiro atoms. The molecule has 0 bridgehead atoms. The number of amides is 1. The maximum atomic E-state index is 13.1. The molecule has 0 saturated carbocycles. The minimum absolute atomic E-state index is 0.0768. The number of ether oxygens (including phenoxy) is 2. The quantitative estimate of drug-likeness (QED) is 0.701. The first-order valence-corrected chi connectivity index (χ1v) is 10.6. The van der Waals surface area contributed by atoms with Gasteiger partial charge in [-0.2, -0.15) is 4.31 Å². The molecular weight excluding hydrogens is 370 g/mol. The highest BCUT2D eigenvalue weighted by Crippen LogP contribution is 2.31. The minimum Gasteiger partial charge on any atom is -0.497 e. The average molecular weight is 397 g/mol. The fraction of sp³-hybridized carbons (Fsp3) is 0.611. The predicted octanol–water partition coefficient (Wildman–Crippen LogP) is 0.633. The Labute approximate surface area is 160 Å². The lowest BCUT2D eigenvalue weighted by molar-refractivity contribution is -0.133. The summed E-state index contributed by atoms with van der Waals surface area (Å²) in [5.74, 6) is 0.810. The third kappa shape index (κ3) is 4.36. The van der Waals surface area contributed by atoms with Crippen LogP contribution in [0.25, 0.3) is 0 Å². The van der Waals surface area contributed by atoms with Gasteiger partial charge in [0.25, 0.3) is 0 Å². The van der Waals surface area contributed by atoms with Crippen LogP contribution in [0.15, 0.2) is 23.1 Å². The molecule has 2 heterocycles. The van der Waals surface area contributed by atoms with E-state index in [9.17, 15) is 13.2 Å². The lowest BCUT2D eigenvalue weighted by Gasteiger charge is -2.35. The number of benzene rings is 1. The molecule has 0 aromatic heterocycles. The molecule has 2 aliphatic rings. The van der Waals surface area contributed by atoms with E-state index < -0.39 is 10.0 Å². The molecule has 2 fully saturated rings. The van der Waals surface area contributed by atoms with E-state index in [2.05, 4.69) is 4.90 Å². The van der Waals surface area contributed by atoms with Gasteiger partial charge in [-0.05, 0) is 38.1 Å². The highest BCUT2D eigenvalue weighted by Gasteiger charge is 2.33. The number of piperazine rings is 1. The maximum absolute atomic E-state index is 13.1. The zero-order valence-corrected chi connectivity index (χ0v) is 16.7. The van der Waals surface area contributed by atoms with Crippen molar-refractivity contribution in [3.63, 3.8) is 0 Å². The second-order valence-electron chi connectivity index (χ2n) is 6.78. The summed E-state index contributed by atoms with van der Waals surface area (Å²) in [4.78, 5) is 16.4. The average Bonchev–Trinajstić information content (AvgIpc) is 3.20. The van der Waals surface area contributed by atoms with Crippen molar-refractivity contribution >= 4 is 15.9 Å². The number of hydrogen-bond donors (Lipinski definition) is 0. The third-order valence-electron chi connectivity index (χ3n) is 5.14. The van der Waals surface area contributed by atoms with Crippen LogP contribution in [0.3, 0.4) is 0 Å². The van der Waals surface area contributed by atoms with Gasteiger partial charge in [0, 0.05) is 32.2 Å². The lowest BCUT2D eigenvalue weighted by atomic mass is 10.3. The first-order chi connectivity index (χ1) is 13.0. The van der Waals surface area contributed by atoms with Gasteiger partial charge in [0.15, 0.2) is 0 Å². The standard InChI is InChI=1S/C18H27N3O5S/c1-25-15-5-6-16(26-2)17(13-15)27(23,24)21-11-9-20(10-12-21)18(22)14-19-7-3-4-8-19/h5-6,13H,3-4,7-12,14H2,1-2H3. The van der Waals surface area contributed by atoms with E-state index in [1.807, 2.05) is 0 Å². The van der Waals surface area contributed by atoms with Gasteiger partial charge in [-0.15, -0.1) is 0 Å². The number of likely N-dealkylation sites (tertiary alicyclic amines) is 1. The highest BCUT2D eigenvalue weighted by atomic mass is 32.2. The molecule has 2 aliphatic heterocycles. The number of nitrogens with zero attached hydrogens (tertiary/aromatic N) is 3. The van der Waals surface area contributed by atoms with Crippen LogP contribution in [0.1, 0.15) is 12.8 Å². The largest absolute Gasteiger partial charge is 0.497 e. The summed E-state index contributed by atoms with van der Waals surface area (Å²) in [5, 5.41) is 0. The molecule has 0 radical (unpaired) electrons. The molecule has 27 heavy (non-hydrogen) atoms. The van der Waals surface area contributed by atoms with Gasteiger partial charge >= 0.3 is 0 Å². The number of carbonyl (C=O) groups excluding carboxylic acids is 1. The van der Waals surface area contributed by atoms with E-state index >= 15 is 0 Å². The number of rotatable bonds is 6. The molecule has 1 amide bonds. The van der Waals surface area contributed by atoms with Gasteiger partial charge in [-0.3, -0.25) is 9.69 Å². The predicted molar refractivity (Wildman–Crippen MR) is 101 cm³/mol. The normalized spacial score (nSPS) is 19.3. The summed E-state index contributed by atoms with van der Waals surface area (Å²) in [6.07, 6.45) is 2.28. The van der Waals surface area contributed by atoms with Gasteiger partial charge in [-0.25, -0.2) is 8.42 Å². The van der Waals surface area contributed by atoms with Crippen molar-refractivity contribution in [2.75, 3.05) is 60.0 Å². The van der Waals surface area contributed by atoms with Crippen molar-refractivity contribution in [3.05, 3.63) is 18.2 Å². The Morgan fingerprint density at radius 2 is 1.67 bits per heavy atom. The van der Waals surface area contributed by atoms with Crippen molar-refractivity contribution in [2.45, 2.75) is 17.7 Å². The molecule has 1 aromatic carbocycles. The van der Waals surface area contributed by atoms with E-state index in [-0.39, 0.29) is 29.6 Å². The van der Waals surface area contributed by atoms with Crippen LogP contribution in [-0.4, -0.2) is 88.5 Å². The van der Waals surface area contributed by atoms with Crippen molar-refractivity contribution < 1.29 is 22.7 Å². The molecule has 3 rings (SSSR count). The molecule has 150 valence electrons. The molecule has 1 aromatic rings. The van der Waals surface area contributed by atoms with Crippen LogP contribution >= 0.6 is 0 Å². The van der Waals surface area contributed by atoms with Crippen LogP contribution < -0.4 is 9.47 Å². The monoisotopic (exact) mass is 397 g/mol. The van der Waals surface area contributed by atoms with Crippen molar-refractivity contribution in [3.8, 4) is 11.5 Å². The fourth-order valence-corrected chi connectivity index (χ4v) is 5.13. The number of hydrogen-bond acceptors (Lipinski definition) is 6. The van der Waals surface area contributed by atoms with E-state index in [0.717, 1.165) is 25.9 Å². The Hall–Kier alpha value is -1.84. The zero-order chi connectivity index (χ0) is 19.4. The Morgan fingerprint density at radius 3 is 2.26 bits per heavy atom. The highest BCUT2D eigenvalue weighted by molar-refractivity contribution is 7.89. The summed E-state index contributed by atoms with van der Waals surface area (Å²) in [5.41, 5.74) is 0. The second kappa shape index (κ2) is 8.45. The lowest BCUT2D eigenvalue weighted by Crippen LogP contribution is -2.52. The Kier molecular flexibility index (Phi) is 6.23. The molecule has 0 unspecified atom stereocenters. The van der Waals surface area contributed by atoms with Crippen molar-refractivity contribution in [1.82, 2.24) is 14.1 Å². The van der Waals surface area contributed by atoms with Crippen molar-refractivity contribution in [1.29, 1.82) is 0 Å². The molecule has 0 aliphatic carbocycles. The van der Waals surface area contributed by atoms with E-state index in [1.165, 1.54) is 24.6 Å². The Morgan fingerprint density at radius 1 is 1.00 bits per heavy atom. The molecule has 0 atom stereocenters. The van der Waals surface area contributed by atoms with Crippen LogP contribution in [-0.2, 0) is 14.8 Å². The summed E-state index contributed by atoms with van der Waals surface area (Å²) >= 11 is 0. The van der Waals surface area contributed by atoms with Crippen LogP contribution in [0.4, 0.5) is 0 Å². The van der Waals surface area contributed by atoms with Gasteiger partial charge in [0.05, 0.1) is 20.8 Å². The molecule has 9 heteroatoms. The summed E-state index contributed by atoms with van der Waals surface area (Å²) < 4.78 is 37.9. The maximum Gasteiger partial charge on any atom is 0.247 e. The summed E-state index contributed by atoms with van der Waals surface area (Å²) in [6.45, 7) is 3.71. The smallest absolute Gasteiger partial charge is 0.247 e. The van der Waals surface area contributed by atoms with Crippen LogP contribution in [0.5, 0.6) is 11.5 Å². The number of methoxy groups -OCH3 is 2. The van der Waals surface area contributed by atoms with Gasteiger partial charge in [-0.1, -0.05) is 0 Å². The van der Waals surface area contributed by atoms with E-state index in [1.54, 1.807) is 17.0 Å². The van der Waals surface area contributed by atoms with Gasteiger partial charge in [0.1, 0.15) is 16.4 Å². The molecule has 8 nitrogen and oxygen atoms in total. The number of sulfonamides is 1. The first-order valence-electron chi connectivity index (χ1n) is 9.18. The van der Waals surface area contributed by atoms with E-state index in [0.29, 0.717) is 25.4 Å². The van der Waals surface area contributed by atoms with Gasteiger partial charge in [0.2, 0.25) is 15.9 Å². The first kappa shape index (κ1) is 19.9. The Bertz CT molecular complexity index is 769. The topological polar surface area (TPSA) is 79.4 Å². The van der Waals surface area contributed by atoms with Crippen LogP contribution in [0.2, 0.25) is 0 Å². The third-order valence-corrected chi connectivity index (χ3v) is 7.06. The SMILES string of the molecule is COc1ccc(OC)c(S(=O)(=O)N2CCN(C(=O)CN3CCCC3)CC2)c1. The molecule has 0 N–H and O–H groups in total. The zero-order valence-electron chi connectivity index (χ0n) is 15.9. The summed E-state index contributed by atoms with van der Waals surface area (Å²) in [7, 11) is -0.800. The van der Waals surface area contributed by atoms with Crippen LogP contribution in [0, 0.1) is 0 Å². The second-order valence-corrected chi connectivity index (χ2v) is 8.69. The number of carbonyl (C=O) groups is 1. The Balaban J connectivity index is 1.67.